The minimum Gasteiger partial charge on any atom is -0.444 e. The largest absolute Gasteiger partial charge is 0.444 e. The molecule has 3 heterocycles. The molecule has 0 aliphatic carbocycles. The van der Waals surface area contributed by atoms with E-state index in [4.69, 9.17) is 16.3 Å². The molecule has 0 saturated heterocycles. The van der Waals surface area contributed by atoms with Crippen LogP contribution in [-0.4, -0.2) is 51.1 Å². The van der Waals surface area contributed by atoms with Crippen LogP contribution >= 0.6 is 11.6 Å². The molecule has 0 saturated carbocycles. The van der Waals surface area contributed by atoms with Crippen molar-refractivity contribution in [2.45, 2.75) is 38.8 Å². The zero-order valence-electron chi connectivity index (χ0n) is 24.2. The number of aromatic nitrogens is 5. The minimum absolute atomic E-state index is 0.0128. The second-order valence-corrected chi connectivity index (χ2v) is 13.4. The van der Waals surface area contributed by atoms with Crippen molar-refractivity contribution in [1.29, 1.82) is 0 Å². The summed E-state index contributed by atoms with van der Waals surface area (Å²) < 4.78 is 61.9. The second-order valence-electron chi connectivity index (χ2n) is 11.2. The summed E-state index contributed by atoms with van der Waals surface area (Å²) in [6.45, 7) is 5.04. The Morgan fingerprint density at radius 3 is 2.43 bits per heavy atom. The molecular formula is C28H28ClF2N7O5S. The van der Waals surface area contributed by atoms with Gasteiger partial charge < -0.3 is 15.0 Å². The summed E-state index contributed by atoms with van der Waals surface area (Å²) in [5, 5.41) is 7.57. The molecule has 3 aromatic heterocycles. The average Bonchev–Trinajstić information content (AvgIpc) is 3.38. The predicted molar refractivity (Wildman–Crippen MR) is 162 cm³/mol. The molecule has 5 rings (SSSR count). The molecule has 16 heteroatoms. The van der Waals surface area contributed by atoms with Gasteiger partial charge in [-0.25, -0.2) is 31.8 Å². The quantitative estimate of drug-likeness (QED) is 0.195. The Morgan fingerprint density at radius 1 is 1.11 bits per heavy atom. The van der Waals surface area contributed by atoms with Gasteiger partial charge >= 0.3 is 11.8 Å². The van der Waals surface area contributed by atoms with Crippen molar-refractivity contribution in [1.82, 2.24) is 30.0 Å². The number of rotatable bonds is 7. The molecule has 1 amide bonds. The highest BCUT2D eigenvalue weighted by atomic mass is 35.5. The summed E-state index contributed by atoms with van der Waals surface area (Å²) in [6, 6.07) is 6.76. The Balaban J connectivity index is 1.78. The third-order valence-corrected chi connectivity index (χ3v) is 7.30. The molecule has 0 radical (unpaired) electrons. The van der Waals surface area contributed by atoms with Crippen LogP contribution in [0, 0.1) is 11.6 Å². The lowest BCUT2D eigenvalue weighted by Gasteiger charge is -2.25. The number of sulfonamides is 1. The lowest BCUT2D eigenvalue weighted by Crippen LogP contribution is -2.36. The first-order chi connectivity index (χ1) is 20.5. The van der Waals surface area contributed by atoms with Crippen LogP contribution in [-0.2, 0) is 28.2 Å². The Hall–Kier alpha value is -4.50. The number of anilines is 1. The van der Waals surface area contributed by atoms with Crippen molar-refractivity contribution in [2.24, 2.45) is 7.05 Å². The zero-order chi connectivity index (χ0) is 32.1. The number of pyridine rings is 1. The SMILES string of the molecule is Cn1nc(NS(C)(=O)=O)c2c(Cl)ccc(-c3cc4[nH]c(=O)[nH]c4nc3[C@H](Cc3cc(F)cc(F)c3)NC(=O)OC(C)(C)C)c21. The molecule has 232 valence electrons. The molecule has 5 aromatic rings. The molecule has 0 bridgehead atoms. The molecule has 0 spiro atoms. The highest BCUT2D eigenvalue weighted by Gasteiger charge is 2.28. The van der Waals surface area contributed by atoms with E-state index in [9.17, 15) is 26.8 Å². The fourth-order valence-corrected chi connectivity index (χ4v) is 5.67. The van der Waals surface area contributed by atoms with Crippen molar-refractivity contribution in [3.05, 3.63) is 74.8 Å². The number of imidazole rings is 1. The molecule has 44 heavy (non-hydrogen) atoms. The fourth-order valence-electron chi connectivity index (χ4n) is 4.93. The molecule has 0 unspecified atom stereocenters. The van der Waals surface area contributed by atoms with E-state index in [2.05, 4.69) is 30.1 Å². The molecule has 0 aliphatic heterocycles. The monoisotopic (exact) mass is 647 g/mol. The van der Waals surface area contributed by atoms with Gasteiger partial charge in [-0.05, 0) is 57.0 Å². The summed E-state index contributed by atoms with van der Waals surface area (Å²) in [6.07, 6.45) is 0.0270. The summed E-state index contributed by atoms with van der Waals surface area (Å²) >= 11 is 6.53. The van der Waals surface area contributed by atoms with Crippen LogP contribution in [0.2, 0.25) is 5.02 Å². The van der Waals surface area contributed by atoms with Gasteiger partial charge in [0, 0.05) is 24.2 Å². The first-order valence-electron chi connectivity index (χ1n) is 13.2. The number of hydrogen-bond acceptors (Lipinski definition) is 7. The fraction of sp³-hybridized carbons (Fsp3) is 0.286. The molecule has 0 fully saturated rings. The van der Waals surface area contributed by atoms with E-state index < -0.39 is 45.1 Å². The zero-order valence-corrected chi connectivity index (χ0v) is 25.7. The molecular weight excluding hydrogens is 620 g/mol. The maximum Gasteiger partial charge on any atom is 0.408 e. The van der Waals surface area contributed by atoms with Gasteiger partial charge in [0.1, 0.15) is 17.2 Å². The van der Waals surface area contributed by atoms with Crippen molar-refractivity contribution in [2.75, 3.05) is 11.0 Å². The number of aromatic amines is 2. The van der Waals surface area contributed by atoms with E-state index >= 15 is 0 Å². The summed E-state index contributed by atoms with van der Waals surface area (Å²) in [5.74, 6) is -1.63. The van der Waals surface area contributed by atoms with Crippen LogP contribution in [0.4, 0.5) is 19.4 Å². The minimum atomic E-state index is -3.73. The number of aryl methyl sites for hydroxylation is 1. The standard InChI is InChI=1S/C28H28ClF2N7O5S/c1-28(2,3)43-27(40)33-19(10-13-8-14(30)11-15(31)9-13)22-17(12-20-24(34-22)35-26(39)32-20)16-6-7-18(29)21-23(16)38(4)36-25(21)37-44(5,41)42/h6-9,11-12,19H,10H2,1-5H3,(H,33,40)(H,36,37)(H2,32,34,35,39)/t19-/m0/s1. The van der Waals surface area contributed by atoms with E-state index in [0.29, 0.717) is 22.2 Å². The Bertz CT molecular complexity index is 2080. The Labute approximate surface area is 254 Å². The van der Waals surface area contributed by atoms with E-state index in [1.54, 1.807) is 46.0 Å². The van der Waals surface area contributed by atoms with E-state index in [-0.39, 0.29) is 39.6 Å². The molecule has 2 aromatic carbocycles. The number of halogens is 3. The third kappa shape index (κ3) is 6.68. The van der Waals surface area contributed by atoms with Gasteiger partial charge in [0.15, 0.2) is 11.5 Å². The summed E-state index contributed by atoms with van der Waals surface area (Å²) in [5.41, 5.74) is 0.705. The number of fused-ring (bicyclic) bond motifs is 2. The van der Waals surface area contributed by atoms with Crippen LogP contribution < -0.4 is 15.7 Å². The van der Waals surface area contributed by atoms with Crippen LogP contribution in [0.1, 0.15) is 38.1 Å². The van der Waals surface area contributed by atoms with Crippen LogP contribution in [0.3, 0.4) is 0 Å². The number of alkyl carbamates (subject to hydrolysis) is 1. The number of amides is 1. The highest BCUT2D eigenvalue weighted by molar-refractivity contribution is 7.92. The maximum atomic E-state index is 14.2. The number of ether oxygens (including phenoxy) is 1. The lowest BCUT2D eigenvalue weighted by molar-refractivity contribution is 0.0502. The number of benzene rings is 2. The lowest BCUT2D eigenvalue weighted by atomic mass is 9.94. The van der Waals surface area contributed by atoms with Gasteiger partial charge in [-0.2, -0.15) is 5.10 Å². The van der Waals surface area contributed by atoms with Crippen LogP contribution in [0.25, 0.3) is 33.2 Å². The van der Waals surface area contributed by atoms with Crippen LogP contribution in [0.5, 0.6) is 0 Å². The van der Waals surface area contributed by atoms with Gasteiger partial charge in [-0.15, -0.1) is 0 Å². The van der Waals surface area contributed by atoms with Gasteiger partial charge in [0.2, 0.25) is 10.0 Å². The number of carbonyl (C=O) groups is 1. The molecule has 1 atom stereocenters. The van der Waals surface area contributed by atoms with Crippen molar-refractivity contribution >= 4 is 55.6 Å². The van der Waals surface area contributed by atoms with Crippen molar-refractivity contribution in [3.8, 4) is 11.1 Å². The topological polar surface area (TPSA) is 164 Å². The van der Waals surface area contributed by atoms with Gasteiger partial charge in [-0.3, -0.25) is 14.4 Å². The average molecular weight is 648 g/mol. The second kappa shape index (κ2) is 11.2. The number of nitrogens with one attached hydrogen (secondary N) is 4. The molecule has 4 N–H and O–H groups in total. The van der Waals surface area contributed by atoms with Crippen molar-refractivity contribution < 1.29 is 26.7 Å². The maximum absolute atomic E-state index is 14.2. The van der Waals surface area contributed by atoms with Gasteiger partial charge in [-0.1, -0.05) is 17.7 Å². The van der Waals surface area contributed by atoms with Crippen LogP contribution in [0.15, 0.2) is 41.2 Å². The molecule has 0 aliphatic rings. The van der Waals surface area contributed by atoms with E-state index in [0.717, 1.165) is 24.5 Å². The predicted octanol–water partition coefficient (Wildman–Crippen LogP) is 4.92. The third-order valence-electron chi connectivity index (χ3n) is 6.43. The highest BCUT2D eigenvalue weighted by Crippen LogP contribution is 2.40. The Morgan fingerprint density at radius 2 is 1.80 bits per heavy atom. The number of hydrogen-bond donors (Lipinski definition) is 4. The number of nitrogens with zero attached hydrogens (tertiary/aromatic N) is 3. The first-order valence-corrected chi connectivity index (χ1v) is 15.4. The summed E-state index contributed by atoms with van der Waals surface area (Å²) in [7, 11) is -2.14. The van der Waals surface area contributed by atoms with E-state index in [1.807, 2.05) is 0 Å². The van der Waals surface area contributed by atoms with E-state index in [1.165, 1.54) is 4.68 Å². The van der Waals surface area contributed by atoms with Crippen molar-refractivity contribution in [3.63, 3.8) is 0 Å². The van der Waals surface area contributed by atoms with Gasteiger partial charge in [0.25, 0.3) is 0 Å². The number of carbonyl (C=O) groups excluding carboxylic acids is 1. The smallest absolute Gasteiger partial charge is 0.408 e. The Kier molecular flexibility index (Phi) is 7.88. The first kappa shape index (κ1) is 30.9. The number of H-pyrrole nitrogens is 2. The normalized spacial score (nSPS) is 12.9. The van der Waals surface area contributed by atoms with Gasteiger partial charge in [0.05, 0.1) is 39.4 Å². The molecule has 12 nitrogen and oxygen atoms in total. The summed E-state index contributed by atoms with van der Waals surface area (Å²) in [4.78, 5) is 35.2.